The van der Waals surface area contributed by atoms with Gasteiger partial charge < -0.3 is 15.4 Å². The van der Waals surface area contributed by atoms with Crippen molar-refractivity contribution >= 4 is 23.3 Å². The standard InChI is InChI=1S/C22H26N4O3/c1-15-12-19(15)22(28)24-18-5-3-17(4-6-18)21(27)25-20-7-2-16(13-23-20)14-26-8-10-29-11-9-26/h2-7,13,15,19H,8-12,14H2,1H3,(H,24,28)(H,23,25,27)/t15-,19-/m1/s1. The van der Waals surface area contributed by atoms with Crippen molar-refractivity contribution in [3.8, 4) is 0 Å². The van der Waals surface area contributed by atoms with Gasteiger partial charge in [0, 0.05) is 43.0 Å². The molecule has 1 aliphatic carbocycles. The smallest absolute Gasteiger partial charge is 0.256 e. The third-order valence-corrected chi connectivity index (χ3v) is 5.44. The highest BCUT2D eigenvalue weighted by atomic mass is 16.5. The average Bonchev–Trinajstić information content (AvgIpc) is 3.47. The fraction of sp³-hybridized carbons (Fsp3) is 0.409. The van der Waals surface area contributed by atoms with Gasteiger partial charge in [0.05, 0.1) is 13.2 Å². The van der Waals surface area contributed by atoms with Crippen molar-refractivity contribution in [2.45, 2.75) is 19.9 Å². The highest BCUT2D eigenvalue weighted by molar-refractivity contribution is 6.04. The van der Waals surface area contributed by atoms with E-state index in [2.05, 4.69) is 27.4 Å². The van der Waals surface area contributed by atoms with Crippen LogP contribution in [0.3, 0.4) is 0 Å². The van der Waals surface area contributed by atoms with Crippen LogP contribution in [0.4, 0.5) is 11.5 Å². The number of rotatable bonds is 6. The van der Waals surface area contributed by atoms with Crippen molar-refractivity contribution in [1.29, 1.82) is 0 Å². The molecule has 2 atom stereocenters. The quantitative estimate of drug-likeness (QED) is 0.787. The molecule has 0 spiro atoms. The third kappa shape index (κ3) is 5.19. The summed E-state index contributed by atoms with van der Waals surface area (Å²) in [5.74, 6) is 0.923. The van der Waals surface area contributed by atoms with E-state index in [-0.39, 0.29) is 17.7 Å². The molecule has 1 aliphatic heterocycles. The minimum Gasteiger partial charge on any atom is -0.379 e. The molecule has 0 unspecified atom stereocenters. The first-order chi connectivity index (χ1) is 14.1. The van der Waals surface area contributed by atoms with Gasteiger partial charge in [-0.15, -0.1) is 0 Å². The number of anilines is 2. The van der Waals surface area contributed by atoms with Crippen LogP contribution in [0.5, 0.6) is 0 Å². The van der Waals surface area contributed by atoms with Gasteiger partial charge in [-0.3, -0.25) is 14.5 Å². The van der Waals surface area contributed by atoms with Crippen LogP contribution >= 0.6 is 0 Å². The topological polar surface area (TPSA) is 83.6 Å². The summed E-state index contributed by atoms with van der Waals surface area (Å²) in [6, 6.07) is 10.7. The molecule has 2 aromatic rings. The van der Waals surface area contributed by atoms with Gasteiger partial charge in [-0.05, 0) is 48.2 Å². The third-order valence-electron chi connectivity index (χ3n) is 5.44. The summed E-state index contributed by atoms with van der Waals surface area (Å²) in [6.45, 7) is 6.29. The SMILES string of the molecule is C[C@@H]1C[C@H]1C(=O)Nc1ccc(C(=O)Nc2ccc(CN3CCOCC3)cn2)cc1. The molecule has 152 valence electrons. The zero-order valence-corrected chi connectivity index (χ0v) is 16.6. The number of hydrogen-bond acceptors (Lipinski definition) is 5. The van der Waals surface area contributed by atoms with E-state index in [1.54, 1.807) is 30.5 Å². The molecule has 2 amide bonds. The van der Waals surface area contributed by atoms with E-state index >= 15 is 0 Å². The van der Waals surface area contributed by atoms with E-state index in [0.29, 0.717) is 23.0 Å². The van der Waals surface area contributed by atoms with Gasteiger partial charge in [0.25, 0.3) is 5.91 Å². The number of pyridine rings is 1. The number of ether oxygens (including phenoxy) is 1. The highest BCUT2D eigenvalue weighted by Gasteiger charge is 2.39. The Morgan fingerprint density at radius 2 is 1.83 bits per heavy atom. The molecule has 0 bridgehead atoms. The van der Waals surface area contributed by atoms with E-state index in [4.69, 9.17) is 4.74 Å². The molecule has 2 fully saturated rings. The number of aromatic nitrogens is 1. The number of carbonyl (C=O) groups is 2. The molecule has 0 radical (unpaired) electrons. The van der Waals surface area contributed by atoms with E-state index in [1.807, 2.05) is 12.1 Å². The fourth-order valence-electron chi connectivity index (χ4n) is 3.43. The molecule has 7 heteroatoms. The van der Waals surface area contributed by atoms with Gasteiger partial charge in [0.1, 0.15) is 5.82 Å². The van der Waals surface area contributed by atoms with Gasteiger partial charge in [-0.25, -0.2) is 4.98 Å². The van der Waals surface area contributed by atoms with Crippen molar-refractivity contribution in [1.82, 2.24) is 9.88 Å². The maximum Gasteiger partial charge on any atom is 0.256 e. The number of hydrogen-bond donors (Lipinski definition) is 2. The molecule has 1 saturated heterocycles. The molecule has 1 aromatic heterocycles. The van der Waals surface area contributed by atoms with E-state index in [9.17, 15) is 9.59 Å². The Kier molecular flexibility index (Phi) is 5.87. The largest absolute Gasteiger partial charge is 0.379 e. The Balaban J connectivity index is 1.29. The van der Waals surface area contributed by atoms with E-state index in [1.165, 1.54) is 0 Å². The minimum atomic E-state index is -0.230. The summed E-state index contributed by atoms with van der Waals surface area (Å²) in [5, 5.41) is 5.71. The number of nitrogens with one attached hydrogen (secondary N) is 2. The van der Waals surface area contributed by atoms with Crippen LogP contribution in [0.2, 0.25) is 0 Å². The summed E-state index contributed by atoms with van der Waals surface area (Å²) < 4.78 is 5.36. The zero-order chi connectivity index (χ0) is 20.2. The second kappa shape index (κ2) is 8.71. The molecule has 2 aliphatic rings. The second-order valence-corrected chi connectivity index (χ2v) is 7.78. The van der Waals surface area contributed by atoms with E-state index in [0.717, 1.165) is 44.8 Å². The lowest BCUT2D eigenvalue weighted by molar-refractivity contribution is -0.117. The van der Waals surface area contributed by atoms with Crippen LogP contribution in [0.1, 0.15) is 29.3 Å². The Labute approximate surface area is 170 Å². The molecular formula is C22H26N4O3. The van der Waals surface area contributed by atoms with E-state index < -0.39 is 0 Å². The predicted molar refractivity (Wildman–Crippen MR) is 111 cm³/mol. The van der Waals surface area contributed by atoms with Crippen molar-refractivity contribution in [3.63, 3.8) is 0 Å². The summed E-state index contributed by atoms with van der Waals surface area (Å²) in [4.78, 5) is 31.1. The first kappa shape index (κ1) is 19.5. The molecule has 7 nitrogen and oxygen atoms in total. The lowest BCUT2D eigenvalue weighted by Crippen LogP contribution is -2.35. The Hall–Kier alpha value is -2.77. The predicted octanol–water partition coefficient (Wildman–Crippen LogP) is 2.76. The van der Waals surface area contributed by atoms with Crippen LogP contribution in [0, 0.1) is 11.8 Å². The van der Waals surface area contributed by atoms with Crippen LogP contribution < -0.4 is 10.6 Å². The van der Waals surface area contributed by atoms with Crippen LogP contribution in [0.15, 0.2) is 42.6 Å². The number of amides is 2. The van der Waals surface area contributed by atoms with Gasteiger partial charge in [0.15, 0.2) is 0 Å². The van der Waals surface area contributed by atoms with Gasteiger partial charge in [-0.2, -0.15) is 0 Å². The second-order valence-electron chi connectivity index (χ2n) is 7.78. The molecule has 29 heavy (non-hydrogen) atoms. The Bertz CT molecular complexity index is 861. The number of morpholine rings is 1. The van der Waals surface area contributed by atoms with Crippen LogP contribution in [-0.4, -0.2) is 48.0 Å². The lowest BCUT2D eigenvalue weighted by atomic mass is 10.2. The number of carbonyl (C=O) groups excluding carboxylic acids is 2. The maximum absolute atomic E-state index is 12.5. The van der Waals surface area contributed by atoms with Gasteiger partial charge >= 0.3 is 0 Å². The summed E-state index contributed by atoms with van der Waals surface area (Å²) in [7, 11) is 0. The molecular weight excluding hydrogens is 368 g/mol. The lowest BCUT2D eigenvalue weighted by Gasteiger charge is -2.26. The molecule has 2 N–H and O–H groups in total. The van der Waals surface area contributed by atoms with Crippen molar-refractivity contribution in [2.24, 2.45) is 11.8 Å². The van der Waals surface area contributed by atoms with Crippen molar-refractivity contribution in [2.75, 3.05) is 36.9 Å². The summed E-state index contributed by atoms with van der Waals surface area (Å²) in [5.41, 5.74) is 2.33. The number of nitrogens with zero attached hydrogens (tertiary/aromatic N) is 2. The molecule has 1 saturated carbocycles. The summed E-state index contributed by atoms with van der Waals surface area (Å²) in [6.07, 6.45) is 2.74. The average molecular weight is 394 g/mol. The molecule has 2 heterocycles. The normalized spacial score (nSPS) is 21.4. The van der Waals surface area contributed by atoms with Crippen molar-refractivity contribution in [3.05, 3.63) is 53.7 Å². The van der Waals surface area contributed by atoms with Crippen molar-refractivity contribution < 1.29 is 14.3 Å². The van der Waals surface area contributed by atoms with Gasteiger partial charge in [-0.1, -0.05) is 13.0 Å². The minimum absolute atomic E-state index is 0.0519. The number of benzene rings is 1. The highest BCUT2D eigenvalue weighted by Crippen LogP contribution is 2.38. The Morgan fingerprint density at radius 1 is 1.10 bits per heavy atom. The van der Waals surface area contributed by atoms with Gasteiger partial charge in [0.2, 0.25) is 5.91 Å². The fourth-order valence-corrected chi connectivity index (χ4v) is 3.43. The monoisotopic (exact) mass is 394 g/mol. The summed E-state index contributed by atoms with van der Waals surface area (Å²) >= 11 is 0. The molecule has 1 aromatic carbocycles. The first-order valence-electron chi connectivity index (χ1n) is 10.1. The molecule has 4 rings (SSSR count). The van der Waals surface area contributed by atoms with Crippen LogP contribution in [-0.2, 0) is 16.1 Å². The maximum atomic E-state index is 12.5. The Morgan fingerprint density at radius 3 is 2.45 bits per heavy atom. The van der Waals surface area contributed by atoms with Crippen LogP contribution in [0.25, 0.3) is 0 Å². The zero-order valence-electron chi connectivity index (χ0n) is 16.6. The first-order valence-corrected chi connectivity index (χ1v) is 10.1.